The van der Waals surface area contributed by atoms with Crippen LogP contribution in [-0.2, 0) is 0 Å². The Morgan fingerprint density at radius 2 is 1.09 bits per heavy atom. The van der Waals surface area contributed by atoms with Gasteiger partial charge >= 0.3 is 0 Å². The molecule has 8 heteroatoms. The van der Waals surface area contributed by atoms with Crippen LogP contribution in [0.3, 0.4) is 0 Å². The monoisotopic (exact) mass is 579 g/mol. The average molecular weight is 580 g/mol. The summed E-state index contributed by atoms with van der Waals surface area (Å²) in [6, 6.07) is 20.6. The van der Waals surface area contributed by atoms with E-state index in [9.17, 15) is 4.79 Å². The minimum atomic E-state index is -0.148. The van der Waals surface area contributed by atoms with E-state index in [4.69, 9.17) is 15.0 Å². The van der Waals surface area contributed by atoms with Gasteiger partial charge in [-0.05, 0) is 95.0 Å². The number of allylic oxidation sites excluding steroid dienone is 1. The summed E-state index contributed by atoms with van der Waals surface area (Å²) in [5.41, 5.74) is 10.7. The van der Waals surface area contributed by atoms with Crippen LogP contribution in [0.4, 0.5) is 23.0 Å². The zero-order valence-corrected chi connectivity index (χ0v) is 26.0. The SMILES string of the molecule is Cc1cccc(C)c1N1C(=C/C=c2/c(C)nn3c(=O)c(C)c(C)nc23)N(c2c(C)cccc2C)c2nc3ccccc3nc21. The molecule has 0 aliphatic carbocycles. The maximum absolute atomic E-state index is 13.1. The number of aryl methyl sites for hydroxylation is 6. The lowest BCUT2D eigenvalue weighted by Gasteiger charge is -2.28. The highest BCUT2D eigenvalue weighted by atomic mass is 16.1. The van der Waals surface area contributed by atoms with Gasteiger partial charge in [0.15, 0.2) is 17.3 Å². The Balaban J connectivity index is 1.61. The summed E-state index contributed by atoms with van der Waals surface area (Å²) in [5, 5.41) is 5.37. The second kappa shape index (κ2) is 10.1. The molecule has 3 aromatic heterocycles. The van der Waals surface area contributed by atoms with Crippen LogP contribution in [0.2, 0.25) is 0 Å². The van der Waals surface area contributed by atoms with Crippen LogP contribution in [0.5, 0.6) is 0 Å². The molecule has 3 aromatic carbocycles. The van der Waals surface area contributed by atoms with Gasteiger partial charge in [0.25, 0.3) is 5.56 Å². The van der Waals surface area contributed by atoms with Crippen molar-refractivity contribution in [3.05, 3.63) is 127 Å². The lowest BCUT2D eigenvalue weighted by molar-refractivity contribution is 0.859. The molecule has 0 saturated carbocycles. The van der Waals surface area contributed by atoms with Crippen LogP contribution in [0, 0.1) is 48.5 Å². The molecular weight excluding hydrogens is 546 g/mol. The van der Waals surface area contributed by atoms with E-state index in [1.165, 1.54) is 4.52 Å². The van der Waals surface area contributed by atoms with E-state index in [0.29, 0.717) is 16.9 Å². The lowest BCUT2D eigenvalue weighted by Crippen LogP contribution is -2.24. The van der Waals surface area contributed by atoms with Crippen LogP contribution < -0.4 is 20.6 Å². The maximum atomic E-state index is 13.1. The Bertz CT molecular complexity index is 2160. The summed E-state index contributed by atoms with van der Waals surface area (Å²) in [6.07, 6.45) is 4.10. The third-order valence-corrected chi connectivity index (χ3v) is 8.55. The van der Waals surface area contributed by atoms with Gasteiger partial charge in [0.05, 0.1) is 28.1 Å². The largest absolute Gasteiger partial charge is 0.277 e. The molecule has 6 aromatic rings. The number of hydrogen-bond donors (Lipinski definition) is 0. The molecule has 1 aliphatic heterocycles. The van der Waals surface area contributed by atoms with Crippen LogP contribution >= 0.6 is 0 Å². The number of para-hydroxylation sites is 4. The molecule has 7 rings (SSSR count). The van der Waals surface area contributed by atoms with Gasteiger partial charge in [0, 0.05) is 16.5 Å². The van der Waals surface area contributed by atoms with E-state index >= 15 is 0 Å². The number of rotatable bonds is 3. The van der Waals surface area contributed by atoms with Crippen molar-refractivity contribution in [2.24, 2.45) is 0 Å². The molecule has 0 spiro atoms. The summed E-state index contributed by atoms with van der Waals surface area (Å²) in [7, 11) is 0. The topological polar surface area (TPSA) is 79.5 Å². The molecule has 0 saturated heterocycles. The van der Waals surface area contributed by atoms with Gasteiger partial charge in [-0.2, -0.15) is 9.61 Å². The zero-order chi connectivity index (χ0) is 30.9. The van der Waals surface area contributed by atoms with E-state index in [-0.39, 0.29) is 5.56 Å². The molecule has 0 amide bonds. The normalized spacial score (nSPS) is 13.4. The number of nitrogens with zero attached hydrogens (tertiary/aromatic N) is 7. The molecule has 1 aliphatic rings. The van der Waals surface area contributed by atoms with Crippen molar-refractivity contribution >= 4 is 45.8 Å². The first-order valence-corrected chi connectivity index (χ1v) is 14.7. The molecule has 0 radical (unpaired) electrons. The minimum absolute atomic E-state index is 0.148. The van der Waals surface area contributed by atoms with Gasteiger partial charge in [-0.15, -0.1) is 0 Å². The fourth-order valence-corrected chi connectivity index (χ4v) is 6.19. The van der Waals surface area contributed by atoms with Crippen molar-refractivity contribution in [1.29, 1.82) is 0 Å². The molecule has 0 atom stereocenters. The van der Waals surface area contributed by atoms with Crippen molar-refractivity contribution in [2.45, 2.75) is 48.5 Å². The second-order valence-corrected chi connectivity index (χ2v) is 11.6. The Labute approximate surface area is 255 Å². The third kappa shape index (κ3) is 4.09. The summed E-state index contributed by atoms with van der Waals surface area (Å²) >= 11 is 0. The van der Waals surface area contributed by atoms with Crippen LogP contribution in [0.15, 0.2) is 77.4 Å². The fourth-order valence-electron chi connectivity index (χ4n) is 6.19. The van der Waals surface area contributed by atoms with Gasteiger partial charge in [0.1, 0.15) is 5.82 Å². The van der Waals surface area contributed by atoms with Crippen molar-refractivity contribution in [2.75, 3.05) is 9.80 Å². The molecule has 0 N–H and O–H groups in total. The van der Waals surface area contributed by atoms with Crippen LogP contribution in [0.1, 0.15) is 39.2 Å². The quantitative estimate of drug-likeness (QED) is 0.236. The molecule has 0 unspecified atom stereocenters. The smallest absolute Gasteiger partial charge is 0.276 e. The Morgan fingerprint density at radius 3 is 1.59 bits per heavy atom. The highest BCUT2D eigenvalue weighted by Gasteiger charge is 2.39. The number of aromatic nitrogens is 5. The predicted octanol–water partition coefficient (Wildman–Crippen LogP) is 6.52. The van der Waals surface area contributed by atoms with Gasteiger partial charge < -0.3 is 0 Å². The van der Waals surface area contributed by atoms with E-state index in [2.05, 4.69) is 85.1 Å². The lowest BCUT2D eigenvalue weighted by atomic mass is 10.1. The molecule has 8 nitrogen and oxygen atoms in total. The summed E-state index contributed by atoms with van der Waals surface area (Å²) in [6.45, 7) is 14.1. The van der Waals surface area contributed by atoms with Crippen LogP contribution in [0.25, 0.3) is 22.8 Å². The van der Waals surface area contributed by atoms with Crippen LogP contribution in [-0.4, -0.2) is 24.6 Å². The van der Waals surface area contributed by atoms with E-state index in [1.807, 2.05) is 44.2 Å². The molecule has 4 heterocycles. The molecular formula is C36H33N7O. The molecule has 44 heavy (non-hydrogen) atoms. The Morgan fingerprint density at radius 1 is 0.591 bits per heavy atom. The highest BCUT2D eigenvalue weighted by molar-refractivity contribution is 5.95. The van der Waals surface area contributed by atoms with Gasteiger partial charge in [0.2, 0.25) is 0 Å². The first-order chi connectivity index (χ1) is 21.2. The number of fused-ring (bicyclic) bond motifs is 3. The highest BCUT2D eigenvalue weighted by Crippen LogP contribution is 2.51. The van der Waals surface area contributed by atoms with Gasteiger partial charge in [-0.25, -0.2) is 15.0 Å². The van der Waals surface area contributed by atoms with E-state index in [1.54, 1.807) is 6.92 Å². The number of anilines is 4. The zero-order valence-electron chi connectivity index (χ0n) is 26.0. The standard InChI is InChI=1S/C36H33N7O/c1-20-12-10-13-21(2)31(20)41-30(19-18-27-26(7)40-43-33(27)37-25(6)24(5)36(43)44)42(32-22(3)14-11-15-23(32)4)35-34(41)38-28-16-8-9-17-29(28)39-35/h8-19H,1-7H3/b27-18-. The van der Waals surface area contributed by atoms with Gasteiger partial charge in [-0.3, -0.25) is 14.6 Å². The number of benzene rings is 3. The second-order valence-electron chi connectivity index (χ2n) is 11.6. The molecule has 0 fully saturated rings. The Kier molecular flexibility index (Phi) is 6.32. The summed E-state index contributed by atoms with van der Waals surface area (Å²) in [5.74, 6) is 2.38. The fraction of sp³-hybridized carbons (Fsp3) is 0.194. The van der Waals surface area contributed by atoms with Crippen molar-refractivity contribution in [1.82, 2.24) is 24.6 Å². The van der Waals surface area contributed by atoms with Crippen molar-refractivity contribution < 1.29 is 0 Å². The van der Waals surface area contributed by atoms with E-state index < -0.39 is 0 Å². The predicted molar refractivity (Wildman–Crippen MR) is 177 cm³/mol. The third-order valence-electron chi connectivity index (χ3n) is 8.55. The summed E-state index contributed by atoms with van der Waals surface area (Å²) < 4.78 is 1.41. The summed E-state index contributed by atoms with van der Waals surface area (Å²) in [4.78, 5) is 32.7. The maximum Gasteiger partial charge on any atom is 0.277 e. The Hall–Kier alpha value is -5.37. The van der Waals surface area contributed by atoms with E-state index in [0.717, 1.165) is 73.0 Å². The van der Waals surface area contributed by atoms with Crippen molar-refractivity contribution in [3.63, 3.8) is 0 Å². The first kappa shape index (κ1) is 27.5. The van der Waals surface area contributed by atoms with Crippen molar-refractivity contribution in [3.8, 4) is 0 Å². The first-order valence-electron chi connectivity index (χ1n) is 14.7. The molecule has 0 bridgehead atoms. The minimum Gasteiger partial charge on any atom is -0.276 e. The average Bonchev–Trinajstić information content (AvgIpc) is 3.46. The number of hydrogen-bond acceptors (Lipinski definition) is 7. The molecule has 218 valence electrons. The van der Waals surface area contributed by atoms with Gasteiger partial charge in [-0.1, -0.05) is 48.5 Å².